The molecule has 1 aliphatic rings. The van der Waals surface area contributed by atoms with E-state index in [-0.39, 0.29) is 0 Å². The number of rotatable bonds is 8. The molecule has 0 unspecified atom stereocenters. The van der Waals surface area contributed by atoms with Gasteiger partial charge in [-0.25, -0.2) is 0 Å². The van der Waals surface area contributed by atoms with Gasteiger partial charge < -0.3 is 18.9 Å². The normalized spacial score (nSPS) is 11.7. The number of hydrogen-bond donors (Lipinski definition) is 0. The van der Waals surface area contributed by atoms with Gasteiger partial charge in [-0.3, -0.25) is 0 Å². The second kappa shape index (κ2) is 8.75. The maximum atomic E-state index is 6.38. The molecule has 34 heavy (non-hydrogen) atoms. The average Bonchev–Trinajstić information content (AvgIpc) is 2.80. The average molecular weight is 457 g/mol. The van der Waals surface area contributed by atoms with Gasteiger partial charge in [-0.05, 0) is 52.7 Å². The van der Waals surface area contributed by atoms with Crippen LogP contribution in [-0.2, 0) is 0 Å². The molecule has 0 aromatic heterocycles. The van der Waals surface area contributed by atoms with Crippen LogP contribution in [0.15, 0.2) is 36.4 Å². The van der Waals surface area contributed by atoms with E-state index < -0.39 is 0 Å². The molecule has 0 saturated heterocycles. The molecule has 5 rings (SSSR count). The first kappa shape index (κ1) is 22.4. The molecule has 1 aliphatic carbocycles. The first-order chi connectivity index (χ1) is 16.6. The summed E-state index contributed by atoms with van der Waals surface area (Å²) in [5, 5.41) is 8.59. The molecule has 4 aromatic rings. The molecule has 0 radical (unpaired) electrons. The van der Waals surface area contributed by atoms with Gasteiger partial charge in [0.1, 0.15) is 23.0 Å². The lowest BCUT2D eigenvalue weighted by molar-refractivity contribution is 0.322. The second-order valence-corrected chi connectivity index (χ2v) is 8.54. The van der Waals surface area contributed by atoms with Crippen LogP contribution >= 0.6 is 0 Å². The van der Waals surface area contributed by atoms with Crippen LogP contribution in [0.4, 0.5) is 0 Å². The van der Waals surface area contributed by atoms with E-state index in [0.717, 1.165) is 76.5 Å². The molecule has 0 atom stereocenters. The third kappa shape index (κ3) is 3.04. The van der Waals surface area contributed by atoms with Crippen molar-refractivity contribution in [1.29, 1.82) is 0 Å². The van der Waals surface area contributed by atoms with Gasteiger partial charge in [0.15, 0.2) is 0 Å². The molecule has 0 fully saturated rings. The zero-order chi connectivity index (χ0) is 24.0. The molecule has 0 spiro atoms. The topological polar surface area (TPSA) is 36.9 Å². The van der Waals surface area contributed by atoms with E-state index in [1.54, 1.807) is 0 Å². The Morgan fingerprint density at radius 3 is 1.15 bits per heavy atom. The minimum absolute atomic E-state index is 0.577. The highest BCUT2D eigenvalue weighted by Crippen LogP contribution is 2.48. The molecular formula is C30H32O4. The fourth-order valence-corrected chi connectivity index (χ4v) is 5.35. The molecule has 4 aromatic carbocycles. The van der Waals surface area contributed by atoms with Crippen molar-refractivity contribution in [1.82, 2.24) is 0 Å². The van der Waals surface area contributed by atoms with E-state index in [2.05, 4.69) is 50.2 Å². The molecule has 0 aliphatic heterocycles. The minimum atomic E-state index is 0.577. The van der Waals surface area contributed by atoms with E-state index in [1.165, 1.54) is 0 Å². The Morgan fingerprint density at radius 1 is 0.471 bits per heavy atom. The predicted molar refractivity (Wildman–Crippen MR) is 137 cm³/mol. The quantitative estimate of drug-likeness (QED) is 0.250. The van der Waals surface area contributed by atoms with Crippen LogP contribution < -0.4 is 18.9 Å². The van der Waals surface area contributed by atoms with Crippen LogP contribution in [0.5, 0.6) is 23.0 Å². The standard InChI is InChI=1S/C30H32O4/c1-7-31-27-19-15-11-13-17(5)21(19)29(33-9-3)25-23(27)24-26(25)30(34-10-4)22-18(6)14-12-16-20(22)28(24)32-8-2/h11-16H,7-10H2,1-6H3. The van der Waals surface area contributed by atoms with Gasteiger partial charge in [0.2, 0.25) is 0 Å². The summed E-state index contributed by atoms with van der Waals surface area (Å²) in [6, 6.07) is 12.7. The van der Waals surface area contributed by atoms with Gasteiger partial charge in [-0.2, -0.15) is 0 Å². The highest BCUT2D eigenvalue weighted by molar-refractivity contribution is 6.00. The van der Waals surface area contributed by atoms with Crippen molar-refractivity contribution >= 4 is 21.5 Å². The van der Waals surface area contributed by atoms with Gasteiger partial charge in [0.25, 0.3) is 0 Å². The van der Waals surface area contributed by atoms with Crippen molar-refractivity contribution in [2.45, 2.75) is 41.5 Å². The summed E-state index contributed by atoms with van der Waals surface area (Å²) in [6.45, 7) is 14.7. The highest BCUT2D eigenvalue weighted by Gasteiger charge is 2.27. The van der Waals surface area contributed by atoms with Gasteiger partial charge in [0.05, 0.1) is 26.4 Å². The van der Waals surface area contributed by atoms with Crippen molar-refractivity contribution in [3.63, 3.8) is 0 Å². The van der Waals surface area contributed by atoms with E-state index in [1.807, 2.05) is 27.7 Å². The Morgan fingerprint density at radius 2 is 0.794 bits per heavy atom. The van der Waals surface area contributed by atoms with Crippen molar-refractivity contribution in [2.75, 3.05) is 26.4 Å². The van der Waals surface area contributed by atoms with E-state index in [4.69, 9.17) is 18.9 Å². The van der Waals surface area contributed by atoms with Crippen LogP contribution in [0.3, 0.4) is 0 Å². The second-order valence-electron chi connectivity index (χ2n) is 8.54. The molecule has 0 N–H and O–H groups in total. The molecular weight excluding hydrogens is 424 g/mol. The summed E-state index contributed by atoms with van der Waals surface area (Å²) in [5.41, 5.74) is 2.33. The summed E-state index contributed by atoms with van der Waals surface area (Å²) in [7, 11) is 0. The fourth-order valence-electron chi connectivity index (χ4n) is 5.35. The monoisotopic (exact) mass is 456 g/mol. The summed E-state index contributed by atoms with van der Waals surface area (Å²) in [6.07, 6.45) is 0. The van der Waals surface area contributed by atoms with Crippen molar-refractivity contribution in [2.24, 2.45) is 0 Å². The van der Waals surface area contributed by atoms with Gasteiger partial charge in [-0.1, -0.05) is 36.4 Å². The van der Waals surface area contributed by atoms with Crippen LogP contribution in [0.2, 0.25) is 0 Å². The largest absolute Gasteiger partial charge is 0.493 e. The van der Waals surface area contributed by atoms with E-state index >= 15 is 0 Å². The van der Waals surface area contributed by atoms with Crippen LogP contribution in [0, 0.1) is 34.7 Å². The molecule has 176 valence electrons. The van der Waals surface area contributed by atoms with Gasteiger partial charge >= 0.3 is 0 Å². The van der Waals surface area contributed by atoms with E-state index in [0.29, 0.717) is 26.4 Å². The molecule has 0 amide bonds. The summed E-state index contributed by atoms with van der Waals surface area (Å²) >= 11 is 0. The SMILES string of the molecule is CCOc1c2c(c(OCC)c3c(C)cccc13)=c1c(OCC)c3c(C)cccc3c(OCC)c1=2. The maximum Gasteiger partial charge on any atom is 0.136 e. The summed E-state index contributed by atoms with van der Waals surface area (Å²) < 4.78 is 25.4. The smallest absolute Gasteiger partial charge is 0.136 e. The minimum Gasteiger partial charge on any atom is -0.493 e. The lowest BCUT2D eigenvalue weighted by Gasteiger charge is -2.24. The number of aryl methyl sites for hydroxylation is 2. The van der Waals surface area contributed by atoms with E-state index in [9.17, 15) is 0 Å². The Balaban J connectivity index is 2.18. The maximum absolute atomic E-state index is 6.38. The third-order valence-corrected chi connectivity index (χ3v) is 6.55. The molecule has 0 heterocycles. The van der Waals surface area contributed by atoms with Crippen molar-refractivity contribution in [3.8, 4) is 23.0 Å². The van der Waals surface area contributed by atoms with Crippen LogP contribution in [0.1, 0.15) is 38.8 Å². The predicted octanol–water partition coefficient (Wildman–Crippen LogP) is 7.09. The van der Waals surface area contributed by atoms with Crippen molar-refractivity contribution in [3.05, 3.63) is 68.4 Å². The zero-order valence-electron chi connectivity index (χ0n) is 20.9. The van der Waals surface area contributed by atoms with Crippen LogP contribution in [-0.4, -0.2) is 26.4 Å². The zero-order valence-corrected chi connectivity index (χ0v) is 20.9. The Bertz CT molecular complexity index is 1500. The lowest BCUT2D eigenvalue weighted by atomic mass is 9.89. The Kier molecular flexibility index (Phi) is 5.76. The molecule has 0 bridgehead atoms. The third-order valence-electron chi connectivity index (χ3n) is 6.55. The number of benzene rings is 4. The summed E-state index contributed by atoms with van der Waals surface area (Å²) in [5.74, 6) is 3.58. The highest BCUT2D eigenvalue weighted by atomic mass is 16.5. The van der Waals surface area contributed by atoms with Crippen molar-refractivity contribution < 1.29 is 18.9 Å². The number of fused-ring (bicyclic) bond motifs is 4. The fraction of sp³-hybridized carbons (Fsp3) is 0.333. The lowest BCUT2D eigenvalue weighted by Crippen LogP contribution is -2.09. The first-order valence-electron chi connectivity index (χ1n) is 12.3. The molecule has 4 nitrogen and oxygen atoms in total. The first-order valence-corrected chi connectivity index (χ1v) is 12.3. The Hall–Kier alpha value is -3.40. The Labute approximate surface area is 200 Å². The molecule has 0 saturated carbocycles. The number of hydrogen-bond acceptors (Lipinski definition) is 4. The summed E-state index contributed by atoms with van der Waals surface area (Å²) in [4.78, 5) is 0. The van der Waals surface area contributed by atoms with Gasteiger partial charge in [-0.15, -0.1) is 0 Å². The molecule has 4 heteroatoms. The van der Waals surface area contributed by atoms with Gasteiger partial charge in [0, 0.05) is 42.4 Å². The number of ether oxygens (including phenoxy) is 4. The van der Waals surface area contributed by atoms with Crippen LogP contribution in [0.25, 0.3) is 21.5 Å².